The standard InChI is InChI=1S/C14H15N3O6/c1-3-23-13(19)11-7(2)15-14(20)16-12(11)8-4-5-10(18)9(6-8)17(21)22/h4-6,12,18H,3H2,1-2H3,(H2,15,16,20)/t12-/m0/s1. The lowest BCUT2D eigenvalue weighted by Gasteiger charge is -2.28. The van der Waals surface area contributed by atoms with E-state index in [9.17, 15) is 24.8 Å². The van der Waals surface area contributed by atoms with Crippen molar-refractivity contribution in [2.24, 2.45) is 0 Å². The third-order valence-electron chi connectivity index (χ3n) is 3.29. The van der Waals surface area contributed by atoms with Crippen LogP contribution in [0.15, 0.2) is 29.5 Å². The van der Waals surface area contributed by atoms with Crippen molar-refractivity contribution in [1.82, 2.24) is 10.6 Å². The first-order valence-corrected chi connectivity index (χ1v) is 6.77. The van der Waals surface area contributed by atoms with Gasteiger partial charge in [0.1, 0.15) is 0 Å². The van der Waals surface area contributed by atoms with Gasteiger partial charge in [-0.25, -0.2) is 9.59 Å². The molecule has 1 aliphatic heterocycles. The summed E-state index contributed by atoms with van der Waals surface area (Å²) in [7, 11) is 0. The molecule has 1 atom stereocenters. The highest BCUT2D eigenvalue weighted by molar-refractivity contribution is 5.95. The molecule has 0 saturated heterocycles. The fraction of sp³-hybridized carbons (Fsp3) is 0.286. The van der Waals surface area contributed by atoms with Gasteiger partial charge in [-0.2, -0.15) is 0 Å². The fourth-order valence-electron chi connectivity index (χ4n) is 2.29. The molecular weight excluding hydrogens is 306 g/mol. The Hall–Kier alpha value is -3.10. The minimum absolute atomic E-state index is 0.145. The zero-order chi connectivity index (χ0) is 17.1. The second kappa shape index (κ2) is 6.34. The molecule has 0 unspecified atom stereocenters. The molecule has 0 saturated carbocycles. The number of nitro benzene ring substituents is 1. The van der Waals surface area contributed by atoms with Crippen molar-refractivity contribution in [3.8, 4) is 5.75 Å². The van der Waals surface area contributed by atoms with Gasteiger partial charge >= 0.3 is 17.7 Å². The number of rotatable bonds is 4. The average molecular weight is 321 g/mol. The fourth-order valence-corrected chi connectivity index (χ4v) is 2.29. The molecule has 0 bridgehead atoms. The number of nitro groups is 1. The van der Waals surface area contributed by atoms with Crippen molar-refractivity contribution >= 4 is 17.7 Å². The Morgan fingerprint density at radius 2 is 2.17 bits per heavy atom. The monoisotopic (exact) mass is 321 g/mol. The van der Waals surface area contributed by atoms with Crippen molar-refractivity contribution in [3.63, 3.8) is 0 Å². The highest BCUT2D eigenvalue weighted by atomic mass is 16.6. The van der Waals surface area contributed by atoms with Crippen LogP contribution in [0, 0.1) is 10.1 Å². The highest BCUT2D eigenvalue weighted by Gasteiger charge is 2.33. The predicted octanol–water partition coefficient (Wildman–Crippen LogP) is 1.49. The summed E-state index contributed by atoms with van der Waals surface area (Å²) in [5.74, 6) is -1.14. The first-order chi connectivity index (χ1) is 10.8. The Morgan fingerprint density at radius 1 is 1.48 bits per heavy atom. The molecular formula is C14H15N3O6. The molecule has 1 heterocycles. The number of hydrogen-bond acceptors (Lipinski definition) is 6. The molecule has 2 rings (SSSR count). The van der Waals surface area contributed by atoms with Gasteiger partial charge in [-0.05, 0) is 25.5 Å². The number of urea groups is 1. The number of amides is 2. The van der Waals surface area contributed by atoms with E-state index in [1.54, 1.807) is 6.92 Å². The molecule has 23 heavy (non-hydrogen) atoms. The van der Waals surface area contributed by atoms with Crippen molar-refractivity contribution in [2.45, 2.75) is 19.9 Å². The number of hydrogen-bond donors (Lipinski definition) is 3. The zero-order valence-electron chi connectivity index (χ0n) is 12.5. The lowest BCUT2D eigenvalue weighted by Crippen LogP contribution is -2.45. The quantitative estimate of drug-likeness (QED) is 0.437. The number of aromatic hydroxyl groups is 1. The van der Waals surface area contributed by atoms with Crippen LogP contribution in [0.2, 0.25) is 0 Å². The molecule has 9 heteroatoms. The second-order valence-corrected chi connectivity index (χ2v) is 4.80. The summed E-state index contributed by atoms with van der Waals surface area (Å²) >= 11 is 0. The minimum atomic E-state index is -0.915. The summed E-state index contributed by atoms with van der Waals surface area (Å²) in [5.41, 5.74) is 0.210. The van der Waals surface area contributed by atoms with Crippen LogP contribution in [0.5, 0.6) is 5.75 Å². The predicted molar refractivity (Wildman–Crippen MR) is 78.5 cm³/mol. The SMILES string of the molecule is CCOC(=O)C1=C(C)NC(=O)N[C@H]1c1ccc(O)c([N+](=O)[O-])c1. The smallest absolute Gasteiger partial charge is 0.338 e. The highest BCUT2D eigenvalue weighted by Crippen LogP contribution is 2.33. The number of nitrogens with one attached hydrogen (secondary N) is 2. The van der Waals surface area contributed by atoms with Gasteiger partial charge in [-0.15, -0.1) is 0 Å². The number of phenols is 1. The van der Waals surface area contributed by atoms with Gasteiger partial charge in [0.25, 0.3) is 0 Å². The Labute approximate surface area is 131 Å². The third-order valence-corrected chi connectivity index (χ3v) is 3.29. The maximum Gasteiger partial charge on any atom is 0.338 e. The van der Waals surface area contributed by atoms with Crippen molar-refractivity contribution in [1.29, 1.82) is 0 Å². The molecule has 3 N–H and O–H groups in total. The average Bonchev–Trinajstić information content (AvgIpc) is 2.46. The number of nitrogens with zero attached hydrogens (tertiary/aromatic N) is 1. The first kappa shape index (κ1) is 16.3. The van der Waals surface area contributed by atoms with Crippen LogP contribution in [0.1, 0.15) is 25.5 Å². The van der Waals surface area contributed by atoms with Crippen molar-refractivity contribution < 1.29 is 24.4 Å². The Morgan fingerprint density at radius 3 is 2.78 bits per heavy atom. The lowest BCUT2D eigenvalue weighted by atomic mass is 9.95. The number of benzene rings is 1. The van der Waals surface area contributed by atoms with Gasteiger partial charge in [0.15, 0.2) is 5.75 Å². The van der Waals surface area contributed by atoms with Gasteiger partial charge in [0, 0.05) is 11.8 Å². The maximum absolute atomic E-state index is 12.1. The number of allylic oxidation sites excluding steroid dienone is 1. The molecule has 9 nitrogen and oxygen atoms in total. The molecule has 0 spiro atoms. The maximum atomic E-state index is 12.1. The van der Waals surface area contributed by atoms with Gasteiger partial charge in [0.2, 0.25) is 0 Å². The molecule has 1 aliphatic rings. The van der Waals surface area contributed by atoms with Crippen molar-refractivity contribution in [3.05, 3.63) is 45.1 Å². The van der Waals surface area contributed by atoms with Crippen LogP contribution in [-0.4, -0.2) is 28.6 Å². The summed E-state index contributed by atoms with van der Waals surface area (Å²) in [6, 6.07) is 2.18. The van der Waals surface area contributed by atoms with Crippen LogP contribution in [0.25, 0.3) is 0 Å². The largest absolute Gasteiger partial charge is 0.502 e. The van der Waals surface area contributed by atoms with Crippen LogP contribution in [-0.2, 0) is 9.53 Å². The summed E-state index contributed by atoms with van der Waals surface area (Å²) in [6.45, 7) is 3.32. The van der Waals surface area contributed by atoms with Gasteiger partial charge in [-0.1, -0.05) is 6.07 Å². The molecule has 0 aliphatic carbocycles. The van der Waals surface area contributed by atoms with E-state index in [0.717, 1.165) is 12.1 Å². The normalized spacial score (nSPS) is 17.3. The molecule has 0 radical (unpaired) electrons. The van der Waals surface area contributed by atoms with Gasteiger partial charge < -0.3 is 20.5 Å². The Bertz CT molecular complexity index is 712. The van der Waals surface area contributed by atoms with E-state index in [4.69, 9.17) is 4.74 Å². The van der Waals surface area contributed by atoms with Crippen LogP contribution in [0.3, 0.4) is 0 Å². The second-order valence-electron chi connectivity index (χ2n) is 4.80. The van der Waals surface area contributed by atoms with E-state index in [0.29, 0.717) is 5.70 Å². The number of carbonyl (C=O) groups is 2. The topological polar surface area (TPSA) is 131 Å². The first-order valence-electron chi connectivity index (χ1n) is 6.77. The summed E-state index contributed by atoms with van der Waals surface area (Å²) < 4.78 is 4.97. The number of phenolic OH excluding ortho intramolecular Hbond substituents is 1. The summed E-state index contributed by atoms with van der Waals surface area (Å²) in [4.78, 5) is 34.0. The van der Waals surface area contributed by atoms with E-state index < -0.39 is 34.4 Å². The number of carbonyl (C=O) groups excluding carboxylic acids is 2. The van der Waals surface area contributed by atoms with E-state index in [-0.39, 0.29) is 17.7 Å². The van der Waals surface area contributed by atoms with Gasteiger partial charge in [-0.3, -0.25) is 10.1 Å². The molecule has 2 amide bonds. The van der Waals surface area contributed by atoms with Crippen molar-refractivity contribution in [2.75, 3.05) is 6.61 Å². The summed E-state index contributed by atoms with van der Waals surface area (Å²) in [5, 5.41) is 25.5. The van der Waals surface area contributed by atoms with E-state index in [1.165, 1.54) is 13.0 Å². The van der Waals surface area contributed by atoms with Crippen LogP contribution >= 0.6 is 0 Å². The van der Waals surface area contributed by atoms with Crippen LogP contribution < -0.4 is 10.6 Å². The molecule has 1 aromatic carbocycles. The van der Waals surface area contributed by atoms with Crippen LogP contribution in [0.4, 0.5) is 10.5 Å². The molecule has 0 fully saturated rings. The van der Waals surface area contributed by atoms with Gasteiger partial charge in [0.05, 0.1) is 23.1 Å². The number of esters is 1. The molecule has 122 valence electrons. The Kier molecular flexibility index (Phi) is 4.49. The lowest BCUT2D eigenvalue weighted by molar-refractivity contribution is -0.385. The number of ether oxygens (including phenoxy) is 1. The third kappa shape index (κ3) is 3.23. The molecule has 1 aromatic rings. The minimum Gasteiger partial charge on any atom is -0.502 e. The van der Waals surface area contributed by atoms with E-state index in [1.807, 2.05) is 0 Å². The Balaban J connectivity index is 2.52. The van der Waals surface area contributed by atoms with E-state index in [2.05, 4.69) is 10.6 Å². The zero-order valence-corrected chi connectivity index (χ0v) is 12.5. The summed E-state index contributed by atoms with van der Waals surface area (Å²) in [6.07, 6.45) is 0. The van der Waals surface area contributed by atoms with E-state index >= 15 is 0 Å². The molecule has 0 aromatic heterocycles.